The zero-order valence-corrected chi connectivity index (χ0v) is 9.57. The van der Waals surface area contributed by atoms with Crippen LogP contribution in [0.2, 0.25) is 0 Å². The first-order valence-corrected chi connectivity index (χ1v) is 6.43. The molecule has 2 heterocycles. The van der Waals surface area contributed by atoms with Crippen molar-refractivity contribution in [1.82, 2.24) is 10.3 Å². The number of piperidine rings is 1. The molecule has 0 aromatic carbocycles. The lowest BCUT2D eigenvalue weighted by atomic mass is 9.99. The normalized spacial score (nSPS) is 18.6. The summed E-state index contributed by atoms with van der Waals surface area (Å²) in [5.41, 5.74) is 1.30. The summed E-state index contributed by atoms with van der Waals surface area (Å²) in [6.45, 7) is 4.53. The number of hydrogen-bond donors (Lipinski definition) is 1. The van der Waals surface area contributed by atoms with Crippen molar-refractivity contribution < 1.29 is 0 Å². The van der Waals surface area contributed by atoms with Gasteiger partial charge in [0, 0.05) is 11.3 Å². The topological polar surface area (TPSA) is 24.9 Å². The van der Waals surface area contributed by atoms with Gasteiger partial charge in [0.2, 0.25) is 0 Å². The van der Waals surface area contributed by atoms with E-state index in [4.69, 9.17) is 4.98 Å². The number of nitrogens with zero attached hydrogens (tertiary/aromatic N) is 1. The van der Waals surface area contributed by atoms with Crippen LogP contribution in [-0.4, -0.2) is 18.1 Å². The first-order valence-electron chi connectivity index (χ1n) is 5.55. The molecular weight excluding hydrogens is 192 g/mol. The van der Waals surface area contributed by atoms with Gasteiger partial charge in [-0.15, -0.1) is 11.3 Å². The third-order valence-corrected chi connectivity index (χ3v) is 3.82. The molecule has 0 aliphatic carbocycles. The Morgan fingerprint density at radius 3 is 3.00 bits per heavy atom. The van der Waals surface area contributed by atoms with E-state index in [1.165, 1.54) is 30.0 Å². The molecular formula is C11H18N2S. The molecule has 0 saturated carbocycles. The molecule has 0 atom stereocenters. The molecule has 1 aliphatic heterocycles. The molecule has 0 bridgehead atoms. The third-order valence-electron chi connectivity index (χ3n) is 2.76. The van der Waals surface area contributed by atoms with Crippen LogP contribution in [0, 0.1) is 0 Å². The highest BCUT2D eigenvalue weighted by molar-refractivity contribution is 7.09. The fourth-order valence-corrected chi connectivity index (χ4v) is 2.98. The molecule has 0 radical (unpaired) electrons. The van der Waals surface area contributed by atoms with E-state index in [0.717, 1.165) is 25.4 Å². The molecule has 1 aliphatic rings. The van der Waals surface area contributed by atoms with Crippen molar-refractivity contribution in [3.05, 3.63) is 16.1 Å². The first-order chi connectivity index (χ1) is 6.90. The lowest BCUT2D eigenvalue weighted by molar-refractivity contribution is 0.458. The maximum absolute atomic E-state index is 4.71. The number of rotatable bonds is 3. The van der Waals surface area contributed by atoms with Gasteiger partial charge in [-0.1, -0.05) is 13.3 Å². The lowest BCUT2D eigenvalue weighted by Crippen LogP contribution is -2.26. The van der Waals surface area contributed by atoms with Gasteiger partial charge in [-0.05, 0) is 32.4 Å². The predicted octanol–water partition coefficient (Wildman–Crippen LogP) is 2.56. The van der Waals surface area contributed by atoms with Gasteiger partial charge in [0.15, 0.2) is 0 Å². The highest BCUT2D eigenvalue weighted by Crippen LogP contribution is 2.28. The van der Waals surface area contributed by atoms with Crippen LogP contribution in [-0.2, 0) is 6.42 Å². The van der Waals surface area contributed by atoms with E-state index in [0.29, 0.717) is 0 Å². The van der Waals surface area contributed by atoms with E-state index < -0.39 is 0 Å². The van der Waals surface area contributed by atoms with Crippen molar-refractivity contribution in [2.24, 2.45) is 0 Å². The van der Waals surface area contributed by atoms with E-state index in [2.05, 4.69) is 17.6 Å². The Kier molecular flexibility index (Phi) is 3.54. The lowest BCUT2D eigenvalue weighted by Gasteiger charge is -2.20. The molecule has 3 heteroatoms. The highest BCUT2D eigenvalue weighted by Gasteiger charge is 2.17. The summed E-state index contributed by atoms with van der Waals surface area (Å²) in [5, 5.41) is 7.00. The van der Waals surface area contributed by atoms with Crippen LogP contribution < -0.4 is 5.32 Å². The van der Waals surface area contributed by atoms with Gasteiger partial charge >= 0.3 is 0 Å². The molecule has 1 aromatic rings. The predicted molar refractivity (Wildman–Crippen MR) is 61.0 cm³/mol. The van der Waals surface area contributed by atoms with E-state index >= 15 is 0 Å². The molecule has 0 unspecified atom stereocenters. The van der Waals surface area contributed by atoms with E-state index in [1.807, 2.05) is 11.3 Å². The Morgan fingerprint density at radius 2 is 2.29 bits per heavy atom. The Hall–Kier alpha value is -0.410. The minimum atomic E-state index is 0.729. The number of nitrogens with one attached hydrogen (secondary N) is 1. The quantitative estimate of drug-likeness (QED) is 0.829. The van der Waals surface area contributed by atoms with Crippen molar-refractivity contribution in [3.63, 3.8) is 0 Å². The summed E-state index contributed by atoms with van der Waals surface area (Å²) in [7, 11) is 0. The van der Waals surface area contributed by atoms with E-state index in [9.17, 15) is 0 Å². The van der Waals surface area contributed by atoms with Crippen molar-refractivity contribution in [1.29, 1.82) is 0 Å². The minimum absolute atomic E-state index is 0.729. The average Bonchev–Trinajstić information content (AvgIpc) is 2.68. The van der Waals surface area contributed by atoms with Crippen LogP contribution in [0.3, 0.4) is 0 Å². The largest absolute Gasteiger partial charge is 0.317 e. The molecule has 1 N–H and O–H groups in total. The molecule has 14 heavy (non-hydrogen) atoms. The fourth-order valence-electron chi connectivity index (χ4n) is 1.95. The van der Waals surface area contributed by atoms with Crippen molar-refractivity contribution in [2.75, 3.05) is 13.1 Å². The Morgan fingerprint density at radius 1 is 1.50 bits per heavy atom. The van der Waals surface area contributed by atoms with Crippen molar-refractivity contribution in [2.45, 2.75) is 38.5 Å². The van der Waals surface area contributed by atoms with Crippen LogP contribution in [0.25, 0.3) is 0 Å². The SMILES string of the molecule is CCCc1csc(C2CCNCC2)n1. The smallest absolute Gasteiger partial charge is 0.0960 e. The molecule has 0 amide bonds. The molecule has 78 valence electrons. The van der Waals surface area contributed by atoms with Crippen LogP contribution in [0.5, 0.6) is 0 Å². The van der Waals surface area contributed by atoms with Crippen molar-refractivity contribution >= 4 is 11.3 Å². The van der Waals surface area contributed by atoms with Gasteiger partial charge in [0.25, 0.3) is 0 Å². The van der Waals surface area contributed by atoms with Gasteiger partial charge in [-0.2, -0.15) is 0 Å². The summed E-state index contributed by atoms with van der Waals surface area (Å²) < 4.78 is 0. The molecule has 1 saturated heterocycles. The molecule has 0 spiro atoms. The van der Waals surface area contributed by atoms with Crippen LogP contribution in [0.4, 0.5) is 0 Å². The van der Waals surface area contributed by atoms with Gasteiger partial charge in [0.05, 0.1) is 10.7 Å². The number of aromatic nitrogens is 1. The van der Waals surface area contributed by atoms with Crippen LogP contribution >= 0.6 is 11.3 Å². The van der Waals surface area contributed by atoms with Gasteiger partial charge in [-0.3, -0.25) is 0 Å². The van der Waals surface area contributed by atoms with Gasteiger partial charge in [-0.25, -0.2) is 4.98 Å². The zero-order valence-electron chi connectivity index (χ0n) is 8.75. The standard InChI is InChI=1S/C11H18N2S/c1-2-3-10-8-14-11(13-10)9-4-6-12-7-5-9/h8-9,12H,2-7H2,1H3. The molecule has 2 rings (SSSR count). The maximum Gasteiger partial charge on any atom is 0.0960 e. The summed E-state index contributed by atoms with van der Waals surface area (Å²) in [5.74, 6) is 0.729. The number of thiazole rings is 1. The first kappa shape index (κ1) is 10.1. The van der Waals surface area contributed by atoms with Gasteiger partial charge < -0.3 is 5.32 Å². The van der Waals surface area contributed by atoms with Crippen LogP contribution in [0.15, 0.2) is 5.38 Å². The highest BCUT2D eigenvalue weighted by atomic mass is 32.1. The van der Waals surface area contributed by atoms with E-state index in [1.54, 1.807) is 0 Å². The molecule has 1 aromatic heterocycles. The second-order valence-electron chi connectivity index (χ2n) is 3.95. The van der Waals surface area contributed by atoms with E-state index in [-0.39, 0.29) is 0 Å². The fraction of sp³-hybridized carbons (Fsp3) is 0.727. The average molecular weight is 210 g/mol. The maximum atomic E-state index is 4.71. The monoisotopic (exact) mass is 210 g/mol. The number of aryl methyl sites for hydroxylation is 1. The van der Waals surface area contributed by atoms with Gasteiger partial charge in [0.1, 0.15) is 0 Å². The summed E-state index contributed by atoms with van der Waals surface area (Å²) >= 11 is 1.86. The summed E-state index contributed by atoms with van der Waals surface area (Å²) in [4.78, 5) is 4.71. The third kappa shape index (κ3) is 2.34. The second-order valence-corrected chi connectivity index (χ2v) is 4.84. The molecule has 2 nitrogen and oxygen atoms in total. The Labute approximate surface area is 89.8 Å². The molecule has 1 fully saturated rings. The second kappa shape index (κ2) is 4.89. The van der Waals surface area contributed by atoms with Crippen molar-refractivity contribution in [3.8, 4) is 0 Å². The van der Waals surface area contributed by atoms with Crippen LogP contribution in [0.1, 0.15) is 42.8 Å². The Balaban J connectivity index is 2.00. The summed E-state index contributed by atoms with van der Waals surface area (Å²) in [6.07, 6.45) is 4.87. The number of hydrogen-bond acceptors (Lipinski definition) is 3. The Bertz CT molecular complexity index is 277. The summed E-state index contributed by atoms with van der Waals surface area (Å²) in [6, 6.07) is 0. The zero-order chi connectivity index (χ0) is 9.80. The minimum Gasteiger partial charge on any atom is -0.317 e.